The van der Waals surface area contributed by atoms with Crippen LogP contribution in [0.2, 0.25) is 0 Å². The zero-order chi connectivity index (χ0) is 13.7. The van der Waals surface area contributed by atoms with Gasteiger partial charge in [0.25, 0.3) is 5.91 Å². The minimum absolute atomic E-state index is 0. The molecule has 0 bridgehead atoms. The number of halogens is 2. The van der Waals surface area contributed by atoms with Gasteiger partial charge in [0.15, 0.2) is 12.4 Å². The van der Waals surface area contributed by atoms with E-state index in [1.807, 2.05) is 48.3 Å². The molecule has 0 saturated heterocycles. The maximum atomic E-state index is 11.8. The van der Waals surface area contributed by atoms with Gasteiger partial charge in [-0.1, -0.05) is 28.1 Å². The third-order valence-corrected chi connectivity index (χ3v) is 3.02. The molecule has 20 heavy (non-hydrogen) atoms. The van der Waals surface area contributed by atoms with Crippen molar-refractivity contribution in [2.45, 2.75) is 0 Å². The summed E-state index contributed by atoms with van der Waals surface area (Å²) in [7, 11) is 1.90. The van der Waals surface area contributed by atoms with Gasteiger partial charge in [0, 0.05) is 16.6 Å². The Morgan fingerprint density at radius 3 is 2.40 bits per heavy atom. The van der Waals surface area contributed by atoms with E-state index >= 15 is 0 Å². The molecular formula is C14H14BrIN3O+. The highest BCUT2D eigenvalue weighted by Crippen LogP contribution is 2.08. The number of rotatable bonds is 3. The van der Waals surface area contributed by atoms with E-state index in [1.54, 1.807) is 18.3 Å². The minimum atomic E-state index is -0.228. The second kappa shape index (κ2) is 8.11. The lowest BCUT2D eigenvalue weighted by atomic mass is 10.2. The van der Waals surface area contributed by atoms with Gasteiger partial charge in [-0.3, -0.25) is 4.79 Å². The molecule has 1 aromatic heterocycles. The van der Waals surface area contributed by atoms with E-state index in [9.17, 15) is 4.79 Å². The maximum absolute atomic E-state index is 11.8. The highest BCUT2D eigenvalue weighted by atomic mass is 127. The van der Waals surface area contributed by atoms with Crippen molar-refractivity contribution in [3.63, 3.8) is 0 Å². The Kier molecular flexibility index (Phi) is 6.80. The van der Waals surface area contributed by atoms with Crippen LogP contribution >= 0.6 is 39.9 Å². The molecule has 0 fully saturated rings. The van der Waals surface area contributed by atoms with Crippen molar-refractivity contribution >= 4 is 52.0 Å². The van der Waals surface area contributed by atoms with Crippen LogP contribution in [0.25, 0.3) is 0 Å². The van der Waals surface area contributed by atoms with Gasteiger partial charge in [0.1, 0.15) is 7.05 Å². The number of pyridine rings is 1. The molecule has 1 N–H and O–H groups in total. The highest BCUT2D eigenvalue weighted by Gasteiger charge is 2.04. The lowest BCUT2D eigenvalue weighted by molar-refractivity contribution is -0.671. The number of aryl methyl sites for hydroxylation is 1. The molecule has 0 aliphatic carbocycles. The van der Waals surface area contributed by atoms with E-state index in [-0.39, 0.29) is 29.9 Å². The van der Waals surface area contributed by atoms with Crippen LogP contribution in [0.5, 0.6) is 0 Å². The first-order valence-electron chi connectivity index (χ1n) is 5.69. The fraction of sp³-hybridized carbons (Fsp3) is 0.0714. The molecule has 0 spiro atoms. The van der Waals surface area contributed by atoms with E-state index in [1.165, 1.54) is 0 Å². The minimum Gasteiger partial charge on any atom is -0.267 e. The number of hydrogen-bond donors (Lipinski definition) is 1. The van der Waals surface area contributed by atoms with Crippen molar-refractivity contribution in [3.8, 4) is 0 Å². The fourth-order valence-electron chi connectivity index (χ4n) is 1.43. The number of benzene rings is 1. The molecule has 0 radical (unpaired) electrons. The average molecular weight is 447 g/mol. The van der Waals surface area contributed by atoms with E-state index in [2.05, 4.69) is 26.5 Å². The van der Waals surface area contributed by atoms with Crippen LogP contribution in [0.15, 0.2) is 58.4 Å². The van der Waals surface area contributed by atoms with Crippen LogP contribution in [0.1, 0.15) is 15.9 Å². The van der Waals surface area contributed by atoms with Crippen molar-refractivity contribution in [1.29, 1.82) is 0 Å². The van der Waals surface area contributed by atoms with E-state index < -0.39 is 0 Å². The van der Waals surface area contributed by atoms with Gasteiger partial charge >= 0.3 is 0 Å². The molecule has 2 rings (SSSR count). The van der Waals surface area contributed by atoms with E-state index in [4.69, 9.17) is 0 Å². The quantitative estimate of drug-likeness (QED) is 0.335. The summed E-state index contributed by atoms with van der Waals surface area (Å²) < 4.78 is 2.87. The fourth-order valence-corrected chi connectivity index (χ4v) is 1.70. The number of aromatic nitrogens is 1. The van der Waals surface area contributed by atoms with Gasteiger partial charge in [-0.2, -0.15) is 5.10 Å². The van der Waals surface area contributed by atoms with Crippen LogP contribution in [0, 0.1) is 0 Å². The highest BCUT2D eigenvalue weighted by molar-refractivity contribution is 14.0. The topological polar surface area (TPSA) is 45.3 Å². The normalized spacial score (nSPS) is 10.1. The molecule has 1 heterocycles. The molecule has 0 unspecified atom stereocenters. The van der Waals surface area contributed by atoms with Gasteiger partial charge in [-0.15, -0.1) is 24.0 Å². The zero-order valence-electron chi connectivity index (χ0n) is 10.8. The third-order valence-electron chi connectivity index (χ3n) is 2.49. The van der Waals surface area contributed by atoms with Crippen LogP contribution in [0.3, 0.4) is 0 Å². The second-order valence-electron chi connectivity index (χ2n) is 4.00. The van der Waals surface area contributed by atoms with Crippen molar-refractivity contribution in [3.05, 3.63) is 64.4 Å². The molecule has 1 aromatic carbocycles. The summed E-state index contributed by atoms with van der Waals surface area (Å²) in [6, 6.07) is 11.1. The van der Waals surface area contributed by atoms with Crippen molar-refractivity contribution in [2.24, 2.45) is 12.1 Å². The summed E-state index contributed by atoms with van der Waals surface area (Å²) in [6.45, 7) is 0. The van der Waals surface area contributed by atoms with Crippen molar-refractivity contribution in [1.82, 2.24) is 5.43 Å². The first-order chi connectivity index (χ1) is 9.15. The average Bonchev–Trinajstić information content (AvgIpc) is 2.41. The number of amides is 1. The smallest absolute Gasteiger partial charge is 0.267 e. The Balaban J connectivity index is 0.00000200. The molecule has 0 saturated carbocycles. The first kappa shape index (κ1) is 16.8. The Hall–Kier alpha value is -1.28. The summed E-state index contributed by atoms with van der Waals surface area (Å²) in [5.74, 6) is -0.228. The molecule has 1 amide bonds. The number of carbonyl (C=O) groups excluding carboxylic acids is 1. The summed E-state index contributed by atoms with van der Waals surface area (Å²) in [6.07, 6.45) is 5.23. The summed E-state index contributed by atoms with van der Waals surface area (Å²) in [4.78, 5) is 11.8. The monoisotopic (exact) mass is 446 g/mol. The number of nitrogens with zero attached hydrogens (tertiary/aromatic N) is 2. The van der Waals surface area contributed by atoms with Crippen LogP contribution in [0.4, 0.5) is 0 Å². The van der Waals surface area contributed by atoms with Crippen LogP contribution in [-0.4, -0.2) is 12.1 Å². The van der Waals surface area contributed by atoms with Gasteiger partial charge in [0.2, 0.25) is 0 Å². The lowest BCUT2D eigenvalue weighted by Gasteiger charge is -1.98. The standard InChI is InChI=1S/C14H12BrN3O.HI/c1-18-8-6-12(7-9-18)14(19)17-16-10-11-2-4-13(15)5-3-11;/h2-10H,1H3;1H/p+1. The predicted octanol–water partition coefficient (Wildman–Crippen LogP) is 2.66. The Bertz CT molecular complexity index is 597. The summed E-state index contributed by atoms with van der Waals surface area (Å²) in [5, 5.41) is 3.92. The molecule has 0 aliphatic rings. The third kappa shape index (κ3) is 5.01. The van der Waals surface area contributed by atoms with Gasteiger partial charge < -0.3 is 0 Å². The molecule has 0 atom stereocenters. The zero-order valence-corrected chi connectivity index (χ0v) is 14.7. The molecule has 4 nitrogen and oxygen atoms in total. The Labute approximate surface area is 143 Å². The van der Waals surface area contributed by atoms with Gasteiger partial charge in [-0.25, -0.2) is 9.99 Å². The van der Waals surface area contributed by atoms with Crippen molar-refractivity contribution in [2.75, 3.05) is 0 Å². The summed E-state index contributed by atoms with van der Waals surface area (Å²) in [5.41, 5.74) is 3.99. The van der Waals surface area contributed by atoms with Crippen molar-refractivity contribution < 1.29 is 9.36 Å². The van der Waals surface area contributed by atoms with E-state index in [0.29, 0.717) is 5.56 Å². The molecule has 2 aromatic rings. The SMILES string of the molecule is C[n+]1ccc(C(=O)N/N=C/c2ccc(Br)cc2)cc1.I. The Morgan fingerprint density at radius 1 is 1.20 bits per heavy atom. The van der Waals surface area contributed by atoms with Gasteiger partial charge in [0.05, 0.1) is 11.8 Å². The maximum Gasteiger partial charge on any atom is 0.271 e. The van der Waals surface area contributed by atoms with E-state index in [0.717, 1.165) is 10.0 Å². The molecule has 6 heteroatoms. The molecular weight excluding hydrogens is 433 g/mol. The van der Waals surface area contributed by atoms with Crippen LogP contribution in [-0.2, 0) is 7.05 Å². The first-order valence-corrected chi connectivity index (χ1v) is 6.49. The van der Waals surface area contributed by atoms with Crippen LogP contribution < -0.4 is 9.99 Å². The number of hydrogen-bond acceptors (Lipinski definition) is 2. The number of carbonyl (C=O) groups is 1. The largest absolute Gasteiger partial charge is 0.271 e. The number of nitrogens with one attached hydrogen (secondary N) is 1. The molecule has 0 aliphatic heterocycles. The Morgan fingerprint density at radius 2 is 1.80 bits per heavy atom. The number of hydrazone groups is 1. The predicted molar refractivity (Wildman–Crippen MR) is 92.2 cm³/mol. The second-order valence-corrected chi connectivity index (χ2v) is 4.92. The summed E-state index contributed by atoms with van der Waals surface area (Å²) >= 11 is 3.36. The van der Waals surface area contributed by atoms with Gasteiger partial charge in [-0.05, 0) is 17.7 Å². The molecule has 104 valence electrons. The lowest BCUT2D eigenvalue weighted by Crippen LogP contribution is -2.27.